The van der Waals surface area contributed by atoms with Gasteiger partial charge in [0.15, 0.2) is 0 Å². The quantitative estimate of drug-likeness (QED) is 0.716. The Morgan fingerprint density at radius 1 is 1.25 bits per heavy atom. The number of nitrogens with zero attached hydrogens (tertiary/aromatic N) is 3. The van der Waals surface area contributed by atoms with Crippen molar-refractivity contribution in [3.8, 4) is 0 Å². The lowest BCUT2D eigenvalue weighted by molar-refractivity contribution is -0.122. The maximum Gasteiger partial charge on any atom is 0.222 e. The molecule has 2 aromatic heterocycles. The van der Waals surface area contributed by atoms with Crippen LogP contribution in [0.3, 0.4) is 0 Å². The zero-order chi connectivity index (χ0) is 19.5. The first-order valence-corrected chi connectivity index (χ1v) is 9.81. The minimum absolute atomic E-state index is 0.0416. The Kier molecular flexibility index (Phi) is 5.39. The van der Waals surface area contributed by atoms with Gasteiger partial charge in [0.1, 0.15) is 0 Å². The first-order valence-electron chi connectivity index (χ1n) is 9.81. The molecule has 1 aromatic carbocycles. The fourth-order valence-corrected chi connectivity index (χ4v) is 3.96. The van der Waals surface area contributed by atoms with Crippen molar-refractivity contribution in [1.82, 2.24) is 20.1 Å². The Balaban J connectivity index is 1.38. The highest BCUT2D eigenvalue weighted by molar-refractivity contribution is 5.82. The van der Waals surface area contributed by atoms with E-state index < -0.39 is 0 Å². The molecule has 0 saturated carbocycles. The number of hydrogen-bond acceptors (Lipinski definition) is 4. The second kappa shape index (κ2) is 8.10. The van der Waals surface area contributed by atoms with Gasteiger partial charge in [-0.1, -0.05) is 18.2 Å². The van der Waals surface area contributed by atoms with Crippen molar-refractivity contribution in [2.75, 3.05) is 13.2 Å². The topological polar surface area (TPSA) is 69.0 Å². The van der Waals surface area contributed by atoms with Gasteiger partial charge in [0, 0.05) is 36.2 Å². The second-order valence-electron chi connectivity index (χ2n) is 7.56. The van der Waals surface area contributed by atoms with E-state index >= 15 is 0 Å². The first kappa shape index (κ1) is 18.6. The molecule has 1 aliphatic heterocycles. The number of aromatic nitrogens is 3. The number of amides is 1. The maximum absolute atomic E-state index is 12.5. The number of para-hydroxylation sites is 1. The van der Waals surface area contributed by atoms with E-state index in [1.54, 1.807) is 0 Å². The van der Waals surface area contributed by atoms with E-state index in [9.17, 15) is 4.79 Å². The molecule has 28 heavy (non-hydrogen) atoms. The average molecular weight is 378 g/mol. The van der Waals surface area contributed by atoms with Gasteiger partial charge in [0.25, 0.3) is 0 Å². The summed E-state index contributed by atoms with van der Waals surface area (Å²) in [6, 6.07) is 12.3. The van der Waals surface area contributed by atoms with Crippen LogP contribution in [0.4, 0.5) is 0 Å². The van der Waals surface area contributed by atoms with Gasteiger partial charge < -0.3 is 10.1 Å². The Morgan fingerprint density at radius 3 is 2.93 bits per heavy atom. The average Bonchev–Trinajstić information content (AvgIpc) is 3.25. The number of rotatable bonds is 6. The van der Waals surface area contributed by atoms with E-state index in [1.807, 2.05) is 49.0 Å². The van der Waals surface area contributed by atoms with Crippen molar-refractivity contribution in [2.45, 2.75) is 39.3 Å². The molecule has 3 heterocycles. The zero-order valence-corrected chi connectivity index (χ0v) is 16.4. The van der Waals surface area contributed by atoms with Crippen molar-refractivity contribution in [1.29, 1.82) is 0 Å². The molecule has 1 amide bonds. The van der Waals surface area contributed by atoms with Gasteiger partial charge in [0.2, 0.25) is 5.91 Å². The summed E-state index contributed by atoms with van der Waals surface area (Å²) in [6.45, 7) is 5.81. The van der Waals surface area contributed by atoms with Crippen molar-refractivity contribution >= 4 is 16.8 Å². The van der Waals surface area contributed by atoms with Crippen molar-refractivity contribution in [3.05, 3.63) is 59.5 Å². The minimum Gasteiger partial charge on any atom is -0.379 e. The molecule has 0 radical (unpaired) electrons. The third-order valence-electron chi connectivity index (χ3n) is 5.42. The molecule has 0 spiro atoms. The van der Waals surface area contributed by atoms with Gasteiger partial charge in [-0.3, -0.25) is 14.5 Å². The number of hydrogen-bond donors (Lipinski definition) is 1. The van der Waals surface area contributed by atoms with Crippen molar-refractivity contribution < 1.29 is 9.53 Å². The Labute approximate surface area is 164 Å². The fraction of sp³-hybridized carbons (Fsp3) is 0.409. The Hall–Kier alpha value is -2.73. The molecule has 146 valence electrons. The molecule has 2 atom stereocenters. The molecule has 0 bridgehead atoms. The first-order chi connectivity index (χ1) is 13.6. The number of pyridine rings is 1. The van der Waals surface area contributed by atoms with Gasteiger partial charge in [-0.2, -0.15) is 5.10 Å². The smallest absolute Gasteiger partial charge is 0.222 e. The number of nitrogens with one attached hydrogen (secondary N) is 1. The largest absolute Gasteiger partial charge is 0.379 e. The van der Waals surface area contributed by atoms with E-state index in [0.717, 1.165) is 23.3 Å². The van der Waals surface area contributed by atoms with Gasteiger partial charge >= 0.3 is 0 Å². The highest BCUT2D eigenvalue weighted by Crippen LogP contribution is 2.24. The summed E-state index contributed by atoms with van der Waals surface area (Å²) in [5.41, 5.74) is 4.32. The molecule has 6 nitrogen and oxygen atoms in total. The summed E-state index contributed by atoms with van der Waals surface area (Å²) < 4.78 is 7.58. The lowest BCUT2D eigenvalue weighted by Crippen LogP contribution is -2.41. The van der Waals surface area contributed by atoms with Crippen LogP contribution >= 0.6 is 0 Å². The zero-order valence-electron chi connectivity index (χ0n) is 16.4. The van der Waals surface area contributed by atoms with Crippen LogP contribution in [0.15, 0.2) is 42.6 Å². The van der Waals surface area contributed by atoms with Gasteiger partial charge in [-0.15, -0.1) is 0 Å². The monoisotopic (exact) mass is 378 g/mol. The standard InChI is InChI=1S/C22H26N4O2/c1-15-11-16(2)26(25-15)10-8-22(27)24-21-14-28-13-18(21)12-17-7-9-23-20-6-4-3-5-19(17)20/h3-7,9,11,18,21H,8,10,12-14H2,1-2H3,(H,24,27)/t18-,21-/m1/s1. The molecule has 0 aliphatic carbocycles. The van der Waals surface area contributed by atoms with Crippen LogP contribution in [-0.2, 0) is 22.5 Å². The third-order valence-corrected chi connectivity index (χ3v) is 5.42. The maximum atomic E-state index is 12.5. The molecule has 6 heteroatoms. The Morgan fingerprint density at radius 2 is 2.11 bits per heavy atom. The SMILES string of the molecule is Cc1cc(C)n(CCC(=O)N[C@@H]2COC[C@H]2Cc2ccnc3ccccc23)n1. The van der Waals surface area contributed by atoms with Crippen LogP contribution < -0.4 is 5.32 Å². The molecule has 4 rings (SSSR count). The van der Waals surface area contributed by atoms with Crippen LogP contribution in [0.1, 0.15) is 23.4 Å². The number of carbonyl (C=O) groups is 1. The van der Waals surface area contributed by atoms with Crippen LogP contribution in [0.25, 0.3) is 10.9 Å². The van der Waals surface area contributed by atoms with E-state index in [-0.39, 0.29) is 17.9 Å². The van der Waals surface area contributed by atoms with Crippen molar-refractivity contribution in [2.24, 2.45) is 5.92 Å². The normalized spacial score (nSPS) is 19.2. The summed E-state index contributed by atoms with van der Waals surface area (Å²) >= 11 is 0. The number of carbonyl (C=O) groups excluding carboxylic acids is 1. The van der Waals surface area contributed by atoms with E-state index in [4.69, 9.17) is 4.74 Å². The summed E-state index contributed by atoms with van der Waals surface area (Å²) in [5.74, 6) is 0.316. The van der Waals surface area contributed by atoms with Gasteiger partial charge in [0.05, 0.1) is 30.5 Å². The number of ether oxygens (including phenoxy) is 1. The summed E-state index contributed by atoms with van der Waals surface area (Å²) in [6.07, 6.45) is 3.14. The highest BCUT2D eigenvalue weighted by Gasteiger charge is 2.30. The van der Waals surface area contributed by atoms with Crippen LogP contribution in [0.2, 0.25) is 0 Å². The van der Waals surface area contributed by atoms with E-state index in [2.05, 4.69) is 27.5 Å². The van der Waals surface area contributed by atoms with Crippen LogP contribution in [-0.4, -0.2) is 39.9 Å². The van der Waals surface area contributed by atoms with Crippen LogP contribution in [0.5, 0.6) is 0 Å². The minimum atomic E-state index is 0.0416. The van der Waals surface area contributed by atoms with Gasteiger partial charge in [-0.05, 0) is 44.0 Å². The molecule has 0 unspecified atom stereocenters. The summed E-state index contributed by atoms with van der Waals surface area (Å²) in [4.78, 5) is 16.9. The predicted octanol–water partition coefficient (Wildman–Crippen LogP) is 2.81. The molecule has 1 N–H and O–H groups in total. The number of benzene rings is 1. The summed E-state index contributed by atoms with van der Waals surface area (Å²) in [5, 5.41) is 8.77. The van der Waals surface area contributed by atoms with E-state index in [0.29, 0.717) is 26.2 Å². The molecular weight excluding hydrogens is 352 g/mol. The second-order valence-corrected chi connectivity index (χ2v) is 7.56. The third kappa shape index (κ3) is 4.07. The predicted molar refractivity (Wildman–Crippen MR) is 108 cm³/mol. The number of aryl methyl sites for hydroxylation is 3. The fourth-order valence-electron chi connectivity index (χ4n) is 3.96. The molecule has 3 aromatic rings. The lowest BCUT2D eigenvalue weighted by Gasteiger charge is -2.20. The Bertz CT molecular complexity index is 976. The summed E-state index contributed by atoms with van der Waals surface area (Å²) in [7, 11) is 0. The van der Waals surface area contributed by atoms with Crippen LogP contribution in [0, 0.1) is 19.8 Å². The molecule has 1 fully saturated rings. The molecular formula is C22H26N4O2. The van der Waals surface area contributed by atoms with Crippen molar-refractivity contribution in [3.63, 3.8) is 0 Å². The van der Waals surface area contributed by atoms with Gasteiger partial charge in [-0.25, -0.2) is 0 Å². The molecule has 1 aliphatic rings. The number of fused-ring (bicyclic) bond motifs is 1. The van der Waals surface area contributed by atoms with E-state index in [1.165, 1.54) is 10.9 Å². The highest BCUT2D eigenvalue weighted by atomic mass is 16.5. The molecule has 1 saturated heterocycles. The lowest BCUT2D eigenvalue weighted by atomic mass is 9.93.